The third-order valence-electron chi connectivity index (χ3n) is 2.29. The van der Waals surface area contributed by atoms with Gasteiger partial charge in [0, 0.05) is 24.6 Å². The number of halogens is 1. The van der Waals surface area contributed by atoms with Gasteiger partial charge in [0.1, 0.15) is 5.60 Å². The number of allylic oxidation sites excluding steroid dienone is 2. The normalized spacial score (nSPS) is 25.6. The third-order valence-corrected chi connectivity index (χ3v) is 3.05. The molecule has 0 saturated carbocycles. The summed E-state index contributed by atoms with van der Waals surface area (Å²) in [6, 6.07) is 0. The van der Waals surface area contributed by atoms with Crippen molar-refractivity contribution in [2.45, 2.75) is 18.4 Å². The second kappa shape index (κ2) is 6.58. The lowest BCUT2D eigenvalue weighted by atomic mass is 9.96. The van der Waals surface area contributed by atoms with E-state index in [4.69, 9.17) is 9.47 Å². The van der Waals surface area contributed by atoms with Crippen LogP contribution in [0.1, 0.15) is 12.8 Å². The summed E-state index contributed by atoms with van der Waals surface area (Å²) in [6.07, 6.45) is 10.3. The maximum atomic E-state index is 5.59. The Balaban J connectivity index is 2.31. The highest BCUT2D eigenvalue weighted by Crippen LogP contribution is 2.22. The standard InChI is InChI=1S/C11H17IO2/c1-13-11(6-3-2-4-7-11)10-14-9-5-8-12/h2-4,6H,5,7-10H2,1H3. The molecule has 0 saturated heterocycles. The van der Waals surface area contributed by atoms with Crippen LogP contribution in [0.4, 0.5) is 0 Å². The van der Waals surface area contributed by atoms with Crippen LogP contribution in [0.5, 0.6) is 0 Å². The van der Waals surface area contributed by atoms with Gasteiger partial charge in [-0.3, -0.25) is 0 Å². The number of alkyl halides is 1. The molecular formula is C11H17IO2. The molecule has 1 atom stereocenters. The molecule has 0 aromatic heterocycles. The lowest BCUT2D eigenvalue weighted by Gasteiger charge is -2.29. The highest BCUT2D eigenvalue weighted by molar-refractivity contribution is 14.1. The highest BCUT2D eigenvalue weighted by atomic mass is 127. The van der Waals surface area contributed by atoms with Crippen LogP contribution in [0, 0.1) is 0 Å². The van der Waals surface area contributed by atoms with Gasteiger partial charge < -0.3 is 9.47 Å². The van der Waals surface area contributed by atoms with E-state index in [1.807, 2.05) is 12.2 Å². The van der Waals surface area contributed by atoms with Gasteiger partial charge in [-0.2, -0.15) is 0 Å². The zero-order valence-corrected chi connectivity index (χ0v) is 10.7. The summed E-state index contributed by atoms with van der Waals surface area (Å²) in [5, 5.41) is 0. The van der Waals surface area contributed by atoms with Crippen LogP contribution in [0.15, 0.2) is 24.3 Å². The predicted molar refractivity (Wildman–Crippen MR) is 67.0 cm³/mol. The van der Waals surface area contributed by atoms with Crippen molar-refractivity contribution in [2.24, 2.45) is 0 Å². The Labute approximate surface area is 99.5 Å². The van der Waals surface area contributed by atoms with Crippen molar-refractivity contribution in [3.8, 4) is 0 Å². The zero-order valence-electron chi connectivity index (χ0n) is 8.54. The van der Waals surface area contributed by atoms with E-state index in [-0.39, 0.29) is 5.60 Å². The fraction of sp³-hybridized carbons (Fsp3) is 0.636. The van der Waals surface area contributed by atoms with Crippen LogP contribution in [0.3, 0.4) is 0 Å². The Morgan fingerprint density at radius 1 is 1.43 bits per heavy atom. The number of methoxy groups -OCH3 is 1. The topological polar surface area (TPSA) is 18.5 Å². The first-order valence-corrected chi connectivity index (χ1v) is 6.39. The third kappa shape index (κ3) is 3.71. The molecule has 0 aromatic carbocycles. The van der Waals surface area contributed by atoms with Gasteiger partial charge in [-0.15, -0.1) is 0 Å². The number of hydrogen-bond donors (Lipinski definition) is 0. The predicted octanol–water partition coefficient (Wildman–Crippen LogP) is 2.73. The molecule has 1 unspecified atom stereocenters. The van der Waals surface area contributed by atoms with Crippen molar-refractivity contribution >= 4 is 22.6 Å². The minimum Gasteiger partial charge on any atom is -0.378 e. The van der Waals surface area contributed by atoms with Gasteiger partial charge in [0.25, 0.3) is 0 Å². The fourth-order valence-electron chi connectivity index (χ4n) is 1.36. The zero-order chi connectivity index (χ0) is 10.3. The molecule has 1 aliphatic rings. The molecule has 80 valence electrons. The minimum absolute atomic E-state index is 0.222. The van der Waals surface area contributed by atoms with Crippen LogP contribution in [0.2, 0.25) is 0 Å². The molecule has 3 heteroatoms. The largest absolute Gasteiger partial charge is 0.378 e. The summed E-state index contributed by atoms with van der Waals surface area (Å²) in [4.78, 5) is 0. The summed E-state index contributed by atoms with van der Waals surface area (Å²) in [7, 11) is 1.74. The van der Waals surface area contributed by atoms with Crippen molar-refractivity contribution in [1.29, 1.82) is 0 Å². The summed E-state index contributed by atoms with van der Waals surface area (Å²) in [6.45, 7) is 1.48. The Kier molecular flexibility index (Phi) is 5.74. The van der Waals surface area contributed by atoms with E-state index >= 15 is 0 Å². The van der Waals surface area contributed by atoms with Gasteiger partial charge in [0.15, 0.2) is 0 Å². The van der Waals surface area contributed by atoms with E-state index in [0.29, 0.717) is 6.61 Å². The van der Waals surface area contributed by atoms with E-state index < -0.39 is 0 Å². The van der Waals surface area contributed by atoms with Crippen LogP contribution >= 0.6 is 22.6 Å². The van der Waals surface area contributed by atoms with Gasteiger partial charge in [-0.1, -0.05) is 46.9 Å². The fourth-order valence-corrected chi connectivity index (χ4v) is 1.68. The van der Waals surface area contributed by atoms with Crippen LogP contribution in [0.25, 0.3) is 0 Å². The molecule has 14 heavy (non-hydrogen) atoms. The summed E-state index contributed by atoms with van der Waals surface area (Å²) in [5.74, 6) is 0. The van der Waals surface area contributed by atoms with Gasteiger partial charge in [0.05, 0.1) is 6.61 Å². The molecule has 2 nitrogen and oxygen atoms in total. The maximum absolute atomic E-state index is 5.59. The first kappa shape index (κ1) is 12.2. The highest BCUT2D eigenvalue weighted by Gasteiger charge is 2.26. The lowest BCUT2D eigenvalue weighted by Crippen LogP contribution is -2.35. The number of rotatable bonds is 6. The van der Waals surface area contributed by atoms with Crippen molar-refractivity contribution in [1.82, 2.24) is 0 Å². The molecule has 0 heterocycles. The maximum Gasteiger partial charge on any atom is 0.113 e. The van der Waals surface area contributed by atoms with E-state index in [0.717, 1.165) is 23.9 Å². The monoisotopic (exact) mass is 308 g/mol. The van der Waals surface area contributed by atoms with Crippen molar-refractivity contribution in [3.05, 3.63) is 24.3 Å². The SMILES string of the molecule is COC1(COCCCI)C=CC=CC1. The van der Waals surface area contributed by atoms with Crippen molar-refractivity contribution in [3.63, 3.8) is 0 Å². The first-order valence-electron chi connectivity index (χ1n) is 4.86. The van der Waals surface area contributed by atoms with Crippen LogP contribution < -0.4 is 0 Å². The van der Waals surface area contributed by atoms with Crippen LogP contribution in [-0.2, 0) is 9.47 Å². The first-order chi connectivity index (χ1) is 6.83. The van der Waals surface area contributed by atoms with E-state index in [1.165, 1.54) is 0 Å². The molecule has 0 spiro atoms. The molecule has 0 radical (unpaired) electrons. The summed E-state index contributed by atoms with van der Waals surface area (Å²) < 4.78 is 12.2. The van der Waals surface area contributed by atoms with Crippen molar-refractivity contribution < 1.29 is 9.47 Å². The Morgan fingerprint density at radius 3 is 2.86 bits per heavy atom. The second-order valence-corrected chi connectivity index (χ2v) is 4.43. The molecule has 1 aliphatic carbocycles. The molecule has 0 aliphatic heterocycles. The van der Waals surface area contributed by atoms with Crippen LogP contribution in [-0.4, -0.2) is 30.4 Å². The average molecular weight is 308 g/mol. The summed E-state index contributed by atoms with van der Waals surface area (Å²) in [5.41, 5.74) is -0.222. The van der Waals surface area contributed by atoms with Gasteiger partial charge in [-0.05, 0) is 6.42 Å². The lowest BCUT2D eigenvalue weighted by molar-refractivity contribution is -0.0414. The van der Waals surface area contributed by atoms with Gasteiger partial charge in [0.2, 0.25) is 0 Å². The molecular weight excluding hydrogens is 291 g/mol. The van der Waals surface area contributed by atoms with Gasteiger partial charge in [-0.25, -0.2) is 0 Å². The van der Waals surface area contributed by atoms with E-state index in [2.05, 4.69) is 34.7 Å². The smallest absolute Gasteiger partial charge is 0.113 e. The minimum atomic E-state index is -0.222. The Bertz CT molecular complexity index is 213. The molecule has 0 fully saturated rings. The quantitative estimate of drug-likeness (QED) is 0.427. The van der Waals surface area contributed by atoms with Crippen molar-refractivity contribution in [2.75, 3.05) is 24.8 Å². The van der Waals surface area contributed by atoms with Gasteiger partial charge >= 0.3 is 0 Å². The molecule has 1 rings (SSSR count). The summed E-state index contributed by atoms with van der Waals surface area (Å²) >= 11 is 2.36. The molecule has 0 N–H and O–H groups in total. The molecule has 0 aromatic rings. The Morgan fingerprint density at radius 2 is 2.29 bits per heavy atom. The number of ether oxygens (including phenoxy) is 2. The molecule has 0 amide bonds. The van der Waals surface area contributed by atoms with E-state index in [9.17, 15) is 0 Å². The van der Waals surface area contributed by atoms with E-state index in [1.54, 1.807) is 7.11 Å². The average Bonchev–Trinajstić information content (AvgIpc) is 2.26. The Hall–Kier alpha value is 0.130. The molecule has 0 bridgehead atoms. The number of hydrogen-bond acceptors (Lipinski definition) is 2. The second-order valence-electron chi connectivity index (χ2n) is 3.36.